The van der Waals surface area contributed by atoms with Gasteiger partial charge in [0.1, 0.15) is 24.6 Å². The van der Waals surface area contributed by atoms with Crippen LogP contribution in [0.3, 0.4) is 0 Å². The van der Waals surface area contributed by atoms with Gasteiger partial charge >= 0.3 is 0 Å². The summed E-state index contributed by atoms with van der Waals surface area (Å²) in [6.45, 7) is 1.70. The molecule has 0 aliphatic rings. The summed E-state index contributed by atoms with van der Waals surface area (Å²) < 4.78 is 31.8. The molecule has 0 saturated heterocycles. The van der Waals surface area contributed by atoms with Crippen LogP contribution >= 0.6 is 0 Å². The molecule has 0 saturated carbocycles. The highest BCUT2D eigenvalue weighted by Gasteiger charge is 2.38. The Bertz CT molecular complexity index is 1250. The number of hydrogen-bond donors (Lipinski definition) is 0. The summed E-state index contributed by atoms with van der Waals surface area (Å²) >= 11 is 0. The molecule has 0 N–H and O–H groups in total. The fourth-order valence-corrected chi connectivity index (χ4v) is 4.70. The maximum absolute atomic E-state index is 11.7. The van der Waals surface area contributed by atoms with E-state index in [-0.39, 0.29) is 13.0 Å². The molecule has 0 aliphatic carbocycles. The van der Waals surface area contributed by atoms with E-state index in [2.05, 4.69) is 0 Å². The maximum atomic E-state index is 11.7. The molecule has 0 amide bonds. The van der Waals surface area contributed by atoms with Gasteiger partial charge in [0.15, 0.2) is 0 Å². The molecule has 42 heavy (non-hydrogen) atoms. The van der Waals surface area contributed by atoms with Crippen LogP contribution < -0.4 is 0 Å². The Labute approximate surface area is 249 Å². The van der Waals surface area contributed by atoms with Crippen molar-refractivity contribution in [2.45, 2.75) is 57.3 Å². The molecule has 4 rings (SSSR count). The van der Waals surface area contributed by atoms with Crippen molar-refractivity contribution in [3.8, 4) is 0 Å². The van der Waals surface area contributed by atoms with Gasteiger partial charge < -0.3 is 28.5 Å². The Balaban J connectivity index is 1.62. The van der Waals surface area contributed by atoms with Crippen LogP contribution in [-0.2, 0) is 54.9 Å². The monoisotopic (exact) mass is 568 g/mol. The second kappa shape index (κ2) is 18.0. The van der Waals surface area contributed by atoms with E-state index in [1.165, 1.54) is 0 Å². The van der Waals surface area contributed by atoms with Crippen LogP contribution in [-0.4, -0.2) is 44.4 Å². The Morgan fingerprint density at radius 3 is 1.31 bits per heavy atom. The molecule has 4 aromatic rings. The van der Waals surface area contributed by atoms with Gasteiger partial charge in [0.25, 0.3) is 0 Å². The molecule has 0 radical (unpaired) electrons. The third kappa shape index (κ3) is 10.3. The second-order valence-electron chi connectivity index (χ2n) is 10.0. The Hall–Kier alpha value is -3.65. The number of carbonyl (C=O) groups excluding carboxylic acids is 1. The molecule has 220 valence electrons. The molecule has 0 aliphatic heterocycles. The lowest BCUT2D eigenvalue weighted by molar-refractivity contribution is -0.195. The molecule has 4 aromatic carbocycles. The highest BCUT2D eigenvalue weighted by Crippen LogP contribution is 2.24. The standard InChI is InChI=1S/C36H40O6/c1-38-33(22-23-37)35(41-26-31-18-10-4-11-19-31)36(42-27-32-20-12-5-13-21-32)34(40-25-30-16-8-3-9-17-30)28-39-24-29-14-6-2-7-15-29/h2-21,23,33-36H,22,24-28H2,1H3/t33-,34+,35+,36-/m0/s1. The van der Waals surface area contributed by atoms with Gasteiger partial charge in [-0.2, -0.15) is 0 Å². The summed E-state index contributed by atoms with van der Waals surface area (Å²) in [5.41, 5.74) is 4.12. The van der Waals surface area contributed by atoms with E-state index >= 15 is 0 Å². The van der Waals surface area contributed by atoms with Gasteiger partial charge in [-0.15, -0.1) is 0 Å². The first-order valence-electron chi connectivity index (χ1n) is 14.3. The molecule has 0 heterocycles. The molecule has 0 spiro atoms. The van der Waals surface area contributed by atoms with Crippen LogP contribution in [0.15, 0.2) is 121 Å². The lowest BCUT2D eigenvalue weighted by Gasteiger charge is -2.37. The maximum Gasteiger partial charge on any atom is 0.122 e. The number of carbonyl (C=O) groups is 1. The molecular weight excluding hydrogens is 528 g/mol. The van der Waals surface area contributed by atoms with Crippen molar-refractivity contribution in [1.82, 2.24) is 0 Å². The van der Waals surface area contributed by atoms with Crippen LogP contribution in [0.5, 0.6) is 0 Å². The van der Waals surface area contributed by atoms with E-state index in [0.717, 1.165) is 28.5 Å². The quantitative estimate of drug-likeness (QED) is 0.119. The number of aldehydes is 1. The van der Waals surface area contributed by atoms with Gasteiger partial charge in [0.05, 0.1) is 39.1 Å². The molecule has 4 atom stereocenters. The molecule has 0 aromatic heterocycles. The van der Waals surface area contributed by atoms with E-state index in [4.69, 9.17) is 23.7 Å². The first-order valence-corrected chi connectivity index (χ1v) is 14.3. The van der Waals surface area contributed by atoms with E-state index in [0.29, 0.717) is 26.4 Å². The minimum atomic E-state index is -0.620. The van der Waals surface area contributed by atoms with E-state index in [9.17, 15) is 4.79 Å². The fourth-order valence-electron chi connectivity index (χ4n) is 4.70. The smallest absolute Gasteiger partial charge is 0.122 e. The van der Waals surface area contributed by atoms with Crippen molar-refractivity contribution in [3.63, 3.8) is 0 Å². The molecule has 0 fully saturated rings. The van der Waals surface area contributed by atoms with E-state index in [1.807, 2.05) is 121 Å². The zero-order valence-corrected chi connectivity index (χ0v) is 24.1. The SMILES string of the molecule is CO[C@@H](CC=O)[C@@H](OCc1ccccc1)[C@@H](OCc1ccccc1)[C@@H](COCc1ccccc1)OCc1ccccc1. The number of hydrogen-bond acceptors (Lipinski definition) is 6. The Morgan fingerprint density at radius 1 is 0.524 bits per heavy atom. The topological polar surface area (TPSA) is 63.2 Å². The first-order chi connectivity index (χ1) is 20.8. The van der Waals surface area contributed by atoms with Gasteiger partial charge in [-0.1, -0.05) is 121 Å². The zero-order valence-electron chi connectivity index (χ0n) is 24.1. The van der Waals surface area contributed by atoms with Crippen LogP contribution in [0.1, 0.15) is 28.7 Å². The van der Waals surface area contributed by atoms with Crippen LogP contribution in [0.25, 0.3) is 0 Å². The van der Waals surface area contributed by atoms with Crippen LogP contribution in [0.4, 0.5) is 0 Å². The van der Waals surface area contributed by atoms with E-state index in [1.54, 1.807) is 7.11 Å². The summed E-state index contributed by atoms with van der Waals surface area (Å²) in [6.07, 6.45) is -1.31. The predicted octanol–water partition coefficient (Wildman–Crippen LogP) is 6.56. The van der Waals surface area contributed by atoms with Gasteiger partial charge in [0, 0.05) is 13.5 Å². The summed E-state index contributed by atoms with van der Waals surface area (Å²) in [7, 11) is 1.59. The summed E-state index contributed by atoms with van der Waals surface area (Å²) in [6, 6.07) is 39.9. The van der Waals surface area contributed by atoms with Crippen LogP contribution in [0.2, 0.25) is 0 Å². The zero-order chi connectivity index (χ0) is 29.2. The highest BCUT2D eigenvalue weighted by atomic mass is 16.6. The van der Waals surface area contributed by atoms with Gasteiger partial charge in [-0.25, -0.2) is 0 Å². The largest absolute Gasteiger partial charge is 0.378 e. The molecule has 0 bridgehead atoms. The minimum absolute atomic E-state index is 0.150. The van der Waals surface area contributed by atoms with Crippen molar-refractivity contribution in [2.75, 3.05) is 13.7 Å². The number of benzene rings is 4. The first kappa shape index (κ1) is 31.3. The number of ether oxygens (including phenoxy) is 5. The lowest BCUT2D eigenvalue weighted by atomic mass is 10.00. The van der Waals surface area contributed by atoms with Gasteiger partial charge in [-0.3, -0.25) is 0 Å². The number of methoxy groups -OCH3 is 1. The molecule has 6 nitrogen and oxygen atoms in total. The lowest BCUT2D eigenvalue weighted by Crippen LogP contribution is -2.50. The summed E-state index contributed by atoms with van der Waals surface area (Å²) in [5.74, 6) is 0. The third-order valence-electron chi connectivity index (χ3n) is 6.96. The Morgan fingerprint density at radius 2 is 0.905 bits per heavy atom. The van der Waals surface area contributed by atoms with E-state index < -0.39 is 24.4 Å². The van der Waals surface area contributed by atoms with Crippen molar-refractivity contribution < 1.29 is 28.5 Å². The molecule has 6 heteroatoms. The molecular formula is C36H40O6. The van der Waals surface area contributed by atoms with Crippen molar-refractivity contribution in [2.24, 2.45) is 0 Å². The average Bonchev–Trinajstić information content (AvgIpc) is 3.05. The van der Waals surface area contributed by atoms with Crippen molar-refractivity contribution >= 4 is 6.29 Å². The van der Waals surface area contributed by atoms with Crippen LogP contribution in [0, 0.1) is 0 Å². The Kier molecular flexibility index (Phi) is 13.4. The fraction of sp³-hybridized carbons (Fsp3) is 0.306. The van der Waals surface area contributed by atoms with Gasteiger partial charge in [-0.05, 0) is 22.3 Å². The third-order valence-corrected chi connectivity index (χ3v) is 6.96. The molecule has 0 unspecified atom stereocenters. The predicted molar refractivity (Wildman–Crippen MR) is 163 cm³/mol. The van der Waals surface area contributed by atoms with Gasteiger partial charge in [0.2, 0.25) is 0 Å². The summed E-state index contributed by atoms with van der Waals surface area (Å²) in [5, 5.41) is 0. The average molecular weight is 569 g/mol. The summed E-state index contributed by atoms with van der Waals surface area (Å²) in [4.78, 5) is 11.7. The van der Waals surface area contributed by atoms with Crippen molar-refractivity contribution in [3.05, 3.63) is 144 Å². The van der Waals surface area contributed by atoms with Crippen molar-refractivity contribution in [1.29, 1.82) is 0 Å². The highest BCUT2D eigenvalue weighted by molar-refractivity contribution is 5.50. The second-order valence-corrected chi connectivity index (χ2v) is 10.0. The number of rotatable bonds is 19. The normalized spacial score (nSPS) is 14.1. The minimum Gasteiger partial charge on any atom is -0.378 e.